The molecule has 0 aliphatic carbocycles. The molecular weight excluding hydrogens is 368 g/mol. The molecule has 0 unspecified atom stereocenters. The minimum Gasteiger partial charge on any atom is -0.294 e. The predicted octanol–water partition coefficient (Wildman–Crippen LogP) is 1.31. The van der Waals surface area contributed by atoms with Crippen LogP contribution in [-0.2, 0) is 10.4 Å². The number of pyridine rings is 1. The molecule has 0 saturated heterocycles. The smallest absolute Gasteiger partial charge is 0.294 e. The van der Waals surface area contributed by atoms with Crippen LogP contribution < -0.4 is 9.71 Å². The number of nitro benzene ring substituents is 1. The van der Waals surface area contributed by atoms with Crippen LogP contribution in [0.15, 0.2) is 16.9 Å². The van der Waals surface area contributed by atoms with E-state index >= 15 is 0 Å². The van der Waals surface area contributed by atoms with Crippen molar-refractivity contribution in [3.8, 4) is 0 Å². The summed E-state index contributed by atoms with van der Waals surface area (Å²) >= 11 is 5.92. The van der Waals surface area contributed by atoms with Crippen LogP contribution in [0.5, 0.6) is 0 Å². The number of nitro groups is 1. The van der Waals surface area contributed by atoms with Gasteiger partial charge in [0.2, 0.25) is 5.43 Å². The summed E-state index contributed by atoms with van der Waals surface area (Å²) in [5, 5.41) is 10.3. The van der Waals surface area contributed by atoms with E-state index in [0.717, 1.165) is 26.0 Å². The SMILES string of the molecule is CC(=O)c1c(C)n(OS(=O)(=O)O)c2c(Cl)ccc([N+](=O)[O-])c2c1=O. The van der Waals surface area contributed by atoms with Crippen LogP contribution in [-0.4, -0.2) is 28.4 Å². The van der Waals surface area contributed by atoms with Crippen molar-refractivity contribution in [2.24, 2.45) is 0 Å². The van der Waals surface area contributed by atoms with Crippen molar-refractivity contribution < 1.29 is 27.0 Å². The Labute approximate surface area is 139 Å². The molecule has 1 heterocycles. The number of ketones is 1. The number of nitrogens with zero attached hydrogens (tertiary/aromatic N) is 2. The van der Waals surface area contributed by atoms with Crippen molar-refractivity contribution in [3.05, 3.63) is 48.8 Å². The average molecular weight is 377 g/mol. The van der Waals surface area contributed by atoms with Crippen molar-refractivity contribution in [2.45, 2.75) is 13.8 Å². The first kappa shape index (κ1) is 17.8. The second-order valence-electron chi connectivity index (χ2n) is 4.69. The van der Waals surface area contributed by atoms with Crippen molar-refractivity contribution in [1.82, 2.24) is 4.73 Å². The number of non-ortho nitro benzene ring substituents is 1. The summed E-state index contributed by atoms with van der Waals surface area (Å²) in [5.74, 6) is -0.777. The molecule has 1 aromatic heterocycles. The summed E-state index contributed by atoms with van der Waals surface area (Å²) in [6.45, 7) is 2.18. The molecule has 0 spiro atoms. The maximum atomic E-state index is 12.5. The highest BCUT2D eigenvalue weighted by atomic mass is 35.5. The lowest BCUT2D eigenvalue weighted by Gasteiger charge is -2.15. The summed E-state index contributed by atoms with van der Waals surface area (Å²) in [5.41, 5.74) is -2.98. The number of benzene rings is 1. The van der Waals surface area contributed by atoms with Gasteiger partial charge in [0.1, 0.15) is 10.9 Å². The van der Waals surface area contributed by atoms with Gasteiger partial charge in [0.05, 0.1) is 21.2 Å². The molecular formula is C12H9ClN2O8S. The molecule has 10 nitrogen and oxygen atoms in total. The highest BCUT2D eigenvalue weighted by Crippen LogP contribution is 2.30. The van der Waals surface area contributed by atoms with Crippen LogP contribution in [0.2, 0.25) is 5.02 Å². The Kier molecular flexibility index (Phi) is 4.35. The second-order valence-corrected chi connectivity index (χ2v) is 6.10. The zero-order valence-electron chi connectivity index (χ0n) is 12.1. The Bertz CT molecular complexity index is 1060. The third-order valence-electron chi connectivity index (χ3n) is 3.15. The monoisotopic (exact) mass is 376 g/mol. The Morgan fingerprint density at radius 2 is 2.00 bits per heavy atom. The first-order valence-electron chi connectivity index (χ1n) is 6.16. The summed E-state index contributed by atoms with van der Waals surface area (Å²) in [4.78, 5) is 34.5. The molecule has 2 aromatic rings. The molecule has 128 valence electrons. The van der Waals surface area contributed by atoms with E-state index in [-0.39, 0.29) is 10.7 Å². The second kappa shape index (κ2) is 5.85. The predicted molar refractivity (Wildman–Crippen MR) is 82.7 cm³/mol. The van der Waals surface area contributed by atoms with Gasteiger partial charge in [0.15, 0.2) is 5.78 Å². The zero-order valence-corrected chi connectivity index (χ0v) is 13.7. The highest BCUT2D eigenvalue weighted by Gasteiger charge is 2.27. The lowest BCUT2D eigenvalue weighted by atomic mass is 10.0. The maximum Gasteiger partial charge on any atom is 0.465 e. The number of halogens is 1. The molecule has 0 amide bonds. The molecule has 0 radical (unpaired) electrons. The molecule has 2 rings (SSSR count). The fraction of sp³-hybridized carbons (Fsp3) is 0.167. The normalized spacial score (nSPS) is 11.5. The lowest BCUT2D eigenvalue weighted by Crippen LogP contribution is -2.28. The maximum absolute atomic E-state index is 12.5. The van der Waals surface area contributed by atoms with Gasteiger partial charge in [-0.2, -0.15) is 13.1 Å². The van der Waals surface area contributed by atoms with E-state index < -0.39 is 48.7 Å². The molecule has 0 atom stereocenters. The van der Waals surface area contributed by atoms with Gasteiger partial charge in [0.25, 0.3) is 5.69 Å². The Hall–Kier alpha value is -2.50. The number of fused-ring (bicyclic) bond motifs is 1. The van der Waals surface area contributed by atoms with Gasteiger partial charge < -0.3 is 0 Å². The number of Topliss-reactive ketones (excluding diaryl/α,β-unsaturated/α-hetero) is 1. The fourth-order valence-electron chi connectivity index (χ4n) is 2.29. The molecule has 0 fully saturated rings. The van der Waals surface area contributed by atoms with Crippen LogP contribution in [0, 0.1) is 17.0 Å². The molecule has 1 N–H and O–H groups in total. The number of aromatic nitrogens is 1. The summed E-state index contributed by atoms with van der Waals surface area (Å²) in [6, 6.07) is 1.99. The van der Waals surface area contributed by atoms with Crippen molar-refractivity contribution in [2.75, 3.05) is 0 Å². The first-order chi connectivity index (χ1) is 11.0. The van der Waals surface area contributed by atoms with E-state index in [2.05, 4.69) is 4.28 Å². The van der Waals surface area contributed by atoms with Gasteiger partial charge in [-0.25, -0.2) is 0 Å². The highest BCUT2D eigenvalue weighted by molar-refractivity contribution is 7.81. The largest absolute Gasteiger partial charge is 0.465 e. The Morgan fingerprint density at radius 1 is 1.42 bits per heavy atom. The molecule has 0 aliphatic heterocycles. The number of hydrogen-bond acceptors (Lipinski definition) is 7. The van der Waals surface area contributed by atoms with Gasteiger partial charge >= 0.3 is 10.4 Å². The van der Waals surface area contributed by atoms with E-state index in [4.69, 9.17) is 16.2 Å². The van der Waals surface area contributed by atoms with Gasteiger partial charge in [0, 0.05) is 6.07 Å². The van der Waals surface area contributed by atoms with Crippen LogP contribution in [0.4, 0.5) is 5.69 Å². The Morgan fingerprint density at radius 3 is 2.46 bits per heavy atom. The summed E-state index contributed by atoms with van der Waals surface area (Å²) < 4.78 is 35.8. The quantitative estimate of drug-likeness (QED) is 0.363. The lowest BCUT2D eigenvalue weighted by molar-refractivity contribution is -0.383. The van der Waals surface area contributed by atoms with Crippen molar-refractivity contribution in [1.29, 1.82) is 0 Å². The standard InChI is InChI=1S/C12H9ClN2O8S/c1-5-9(6(2)16)12(17)10-8(15(18)19)4-3-7(13)11(10)14(5)23-24(20,21)22/h3-4H,1-2H3,(H,20,21,22). The third-order valence-corrected chi connectivity index (χ3v) is 3.79. The molecule has 0 aliphatic rings. The van der Waals surface area contributed by atoms with Gasteiger partial charge in [-0.1, -0.05) is 11.6 Å². The number of carbonyl (C=O) groups is 1. The zero-order chi connectivity index (χ0) is 18.4. The Balaban J connectivity index is 3.21. The van der Waals surface area contributed by atoms with Gasteiger partial charge in [-0.15, -0.1) is 0 Å². The van der Waals surface area contributed by atoms with Gasteiger partial charge in [-0.3, -0.25) is 28.5 Å². The van der Waals surface area contributed by atoms with E-state index in [9.17, 15) is 28.1 Å². The molecule has 0 saturated carbocycles. The minimum atomic E-state index is -5.08. The minimum absolute atomic E-state index is 0.255. The topological polar surface area (TPSA) is 146 Å². The first-order valence-corrected chi connectivity index (χ1v) is 7.90. The van der Waals surface area contributed by atoms with Gasteiger partial charge in [-0.05, 0) is 19.9 Å². The number of hydrogen-bond donors (Lipinski definition) is 1. The molecule has 12 heteroatoms. The summed E-state index contributed by atoms with van der Waals surface area (Å²) in [6.07, 6.45) is 0. The number of rotatable bonds is 4. The molecule has 24 heavy (non-hydrogen) atoms. The average Bonchev–Trinajstić information content (AvgIpc) is 2.41. The molecule has 0 bridgehead atoms. The molecule has 1 aromatic carbocycles. The van der Waals surface area contributed by atoms with E-state index in [1.807, 2.05) is 0 Å². The van der Waals surface area contributed by atoms with Crippen molar-refractivity contribution >= 4 is 44.4 Å². The van der Waals surface area contributed by atoms with Crippen LogP contribution in [0.1, 0.15) is 23.0 Å². The van der Waals surface area contributed by atoms with Crippen LogP contribution >= 0.6 is 11.6 Å². The third kappa shape index (κ3) is 2.96. The van der Waals surface area contributed by atoms with Crippen molar-refractivity contribution in [3.63, 3.8) is 0 Å². The summed E-state index contributed by atoms with van der Waals surface area (Å²) in [7, 11) is -5.08. The number of carbonyl (C=O) groups excluding carboxylic acids is 1. The van der Waals surface area contributed by atoms with E-state index in [1.54, 1.807) is 0 Å². The fourth-order valence-corrected chi connectivity index (χ4v) is 2.90. The van der Waals surface area contributed by atoms with Crippen LogP contribution in [0.3, 0.4) is 0 Å². The van der Waals surface area contributed by atoms with E-state index in [0.29, 0.717) is 4.73 Å². The van der Waals surface area contributed by atoms with E-state index in [1.165, 1.54) is 0 Å². The van der Waals surface area contributed by atoms with Crippen LogP contribution in [0.25, 0.3) is 10.9 Å².